The third-order valence-electron chi connectivity index (χ3n) is 3.82. The number of amidine groups is 1. The summed E-state index contributed by atoms with van der Waals surface area (Å²) in [4.78, 5) is 16.4. The highest BCUT2D eigenvalue weighted by atomic mass is 19.1. The maximum atomic E-state index is 13.9. The van der Waals surface area contributed by atoms with Crippen molar-refractivity contribution >= 4 is 17.8 Å². The number of halogens is 1. The lowest BCUT2D eigenvalue weighted by atomic mass is 10.1. The Bertz CT molecular complexity index is 897. The molecule has 1 aliphatic rings. The highest BCUT2D eigenvalue weighted by Gasteiger charge is 2.23. The van der Waals surface area contributed by atoms with E-state index < -0.39 is 11.7 Å². The number of rotatable bonds is 5. The first kappa shape index (κ1) is 17.5. The fourth-order valence-corrected chi connectivity index (χ4v) is 2.59. The number of carbonyl (C=O) groups excluding carboxylic acids is 1. The zero-order valence-corrected chi connectivity index (χ0v) is 14.5. The van der Waals surface area contributed by atoms with E-state index in [-0.39, 0.29) is 17.1 Å². The second-order valence-electron chi connectivity index (χ2n) is 5.38. The van der Waals surface area contributed by atoms with E-state index in [4.69, 9.17) is 14.2 Å². The number of methoxy groups -OCH3 is 3. The normalized spacial score (nSPS) is 14.8. The Kier molecular flexibility index (Phi) is 4.88. The summed E-state index contributed by atoms with van der Waals surface area (Å²) in [6.45, 7) is 0. The Morgan fingerprint density at radius 2 is 1.69 bits per heavy atom. The second-order valence-corrected chi connectivity index (χ2v) is 5.38. The summed E-state index contributed by atoms with van der Waals surface area (Å²) < 4.78 is 29.8. The molecule has 7 heteroatoms. The minimum atomic E-state index is -0.458. The fourth-order valence-electron chi connectivity index (χ4n) is 2.59. The maximum absolute atomic E-state index is 13.9. The number of aliphatic imine (C=N–C) groups is 1. The van der Waals surface area contributed by atoms with Crippen molar-refractivity contribution in [1.82, 2.24) is 5.32 Å². The zero-order chi connectivity index (χ0) is 18.7. The molecule has 134 valence electrons. The van der Waals surface area contributed by atoms with E-state index in [1.807, 2.05) is 0 Å². The van der Waals surface area contributed by atoms with Gasteiger partial charge in [0.05, 0.1) is 26.9 Å². The molecule has 1 N–H and O–H groups in total. The van der Waals surface area contributed by atoms with Crippen molar-refractivity contribution in [1.29, 1.82) is 0 Å². The molecule has 0 atom stereocenters. The van der Waals surface area contributed by atoms with Crippen LogP contribution in [0.15, 0.2) is 47.1 Å². The Hall–Kier alpha value is -3.35. The summed E-state index contributed by atoms with van der Waals surface area (Å²) in [5.41, 5.74) is 1.01. The molecule has 0 radical (unpaired) electrons. The minimum absolute atomic E-state index is 0.150. The summed E-state index contributed by atoms with van der Waals surface area (Å²) >= 11 is 0. The molecule has 0 spiro atoms. The summed E-state index contributed by atoms with van der Waals surface area (Å²) in [6, 6.07) is 9.50. The average molecular weight is 356 g/mol. The van der Waals surface area contributed by atoms with Gasteiger partial charge in [0, 0.05) is 0 Å². The van der Waals surface area contributed by atoms with Gasteiger partial charge in [-0.25, -0.2) is 9.38 Å². The molecule has 0 aliphatic carbocycles. The molecule has 0 saturated carbocycles. The molecule has 6 nitrogen and oxygen atoms in total. The summed E-state index contributed by atoms with van der Waals surface area (Å²) in [7, 11) is 4.52. The van der Waals surface area contributed by atoms with Gasteiger partial charge in [0.2, 0.25) is 5.75 Å². The van der Waals surface area contributed by atoms with Crippen molar-refractivity contribution in [3.8, 4) is 17.2 Å². The van der Waals surface area contributed by atoms with Crippen LogP contribution in [0.1, 0.15) is 11.1 Å². The molecule has 0 aromatic heterocycles. The number of amides is 1. The van der Waals surface area contributed by atoms with Crippen LogP contribution in [0, 0.1) is 5.82 Å². The minimum Gasteiger partial charge on any atom is -0.493 e. The van der Waals surface area contributed by atoms with Gasteiger partial charge in [0.1, 0.15) is 17.3 Å². The van der Waals surface area contributed by atoms with E-state index in [2.05, 4.69) is 10.3 Å². The van der Waals surface area contributed by atoms with Gasteiger partial charge in [0.25, 0.3) is 5.91 Å². The number of nitrogens with one attached hydrogen (secondary N) is 1. The zero-order valence-electron chi connectivity index (χ0n) is 14.5. The van der Waals surface area contributed by atoms with E-state index in [0.717, 1.165) is 0 Å². The van der Waals surface area contributed by atoms with Crippen LogP contribution in [-0.2, 0) is 4.79 Å². The molecule has 0 saturated heterocycles. The Labute approximate surface area is 149 Å². The van der Waals surface area contributed by atoms with Crippen LogP contribution in [0.25, 0.3) is 6.08 Å². The van der Waals surface area contributed by atoms with Crippen molar-refractivity contribution in [2.24, 2.45) is 4.99 Å². The number of benzene rings is 2. The third-order valence-corrected chi connectivity index (χ3v) is 3.82. The van der Waals surface area contributed by atoms with Crippen molar-refractivity contribution in [3.63, 3.8) is 0 Å². The highest BCUT2D eigenvalue weighted by Crippen LogP contribution is 2.38. The van der Waals surface area contributed by atoms with Gasteiger partial charge >= 0.3 is 0 Å². The van der Waals surface area contributed by atoms with Crippen LogP contribution in [0.3, 0.4) is 0 Å². The molecule has 26 heavy (non-hydrogen) atoms. The van der Waals surface area contributed by atoms with Crippen LogP contribution < -0.4 is 19.5 Å². The Morgan fingerprint density at radius 1 is 1.04 bits per heavy atom. The van der Waals surface area contributed by atoms with Gasteiger partial charge in [-0.1, -0.05) is 12.1 Å². The van der Waals surface area contributed by atoms with E-state index in [1.54, 1.807) is 36.4 Å². The number of nitrogens with zero attached hydrogens (tertiary/aromatic N) is 1. The molecule has 0 unspecified atom stereocenters. The Morgan fingerprint density at radius 3 is 2.27 bits per heavy atom. The lowest BCUT2D eigenvalue weighted by molar-refractivity contribution is -0.115. The van der Waals surface area contributed by atoms with Gasteiger partial charge in [-0.15, -0.1) is 0 Å². The molecule has 3 rings (SSSR count). The van der Waals surface area contributed by atoms with E-state index in [9.17, 15) is 9.18 Å². The summed E-state index contributed by atoms with van der Waals surface area (Å²) in [5.74, 6) is 0.652. The van der Waals surface area contributed by atoms with E-state index in [1.165, 1.54) is 27.4 Å². The van der Waals surface area contributed by atoms with Gasteiger partial charge < -0.3 is 19.5 Å². The van der Waals surface area contributed by atoms with Crippen molar-refractivity contribution in [3.05, 3.63) is 59.0 Å². The Balaban J connectivity index is 2.02. The van der Waals surface area contributed by atoms with Crippen molar-refractivity contribution in [2.45, 2.75) is 0 Å². The largest absolute Gasteiger partial charge is 0.493 e. The molecule has 0 bridgehead atoms. The molecular weight excluding hydrogens is 339 g/mol. The fraction of sp³-hybridized carbons (Fsp3) is 0.158. The van der Waals surface area contributed by atoms with Gasteiger partial charge in [-0.05, 0) is 35.9 Å². The number of hydrogen-bond donors (Lipinski definition) is 1. The molecule has 1 aliphatic heterocycles. The topological polar surface area (TPSA) is 69.2 Å². The van der Waals surface area contributed by atoms with Crippen LogP contribution >= 0.6 is 0 Å². The predicted molar refractivity (Wildman–Crippen MR) is 95.2 cm³/mol. The van der Waals surface area contributed by atoms with Crippen LogP contribution in [0.5, 0.6) is 17.2 Å². The number of hydrogen-bond acceptors (Lipinski definition) is 5. The first-order valence-electron chi connectivity index (χ1n) is 7.74. The molecular formula is C19H17FN2O4. The molecule has 2 aromatic carbocycles. The van der Waals surface area contributed by atoms with E-state index in [0.29, 0.717) is 22.8 Å². The van der Waals surface area contributed by atoms with E-state index >= 15 is 0 Å². The van der Waals surface area contributed by atoms with Crippen molar-refractivity contribution < 1.29 is 23.4 Å². The second kappa shape index (κ2) is 7.26. The monoisotopic (exact) mass is 356 g/mol. The molecule has 1 heterocycles. The predicted octanol–water partition coefficient (Wildman–Crippen LogP) is 2.77. The third kappa shape index (κ3) is 3.23. The quantitative estimate of drug-likeness (QED) is 0.837. The van der Waals surface area contributed by atoms with Crippen LogP contribution in [0.4, 0.5) is 4.39 Å². The van der Waals surface area contributed by atoms with Gasteiger partial charge in [-0.2, -0.15) is 0 Å². The highest BCUT2D eigenvalue weighted by molar-refractivity contribution is 6.19. The SMILES string of the molecule is COc1cc(/C=C2/N=C(c3ccccc3F)NC2=O)cc(OC)c1OC. The first-order valence-corrected chi connectivity index (χ1v) is 7.74. The van der Waals surface area contributed by atoms with Gasteiger partial charge in [0.15, 0.2) is 11.5 Å². The molecule has 1 amide bonds. The molecule has 0 fully saturated rings. The van der Waals surface area contributed by atoms with Gasteiger partial charge in [-0.3, -0.25) is 4.79 Å². The smallest absolute Gasteiger partial charge is 0.275 e. The van der Waals surface area contributed by atoms with Crippen LogP contribution in [-0.4, -0.2) is 33.1 Å². The number of carbonyl (C=O) groups is 1. The lowest BCUT2D eigenvalue weighted by Crippen LogP contribution is -2.25. The van der Waals surface area contributed by atoms with Crippen LogP contribution in [0.2, 0.25) is 0 Å². The average Bonchev–Trinajstić information content (AvgIpc) is 3.01. The summed E-state index contributed by atoms with van der Waals surface area (Å²) in [5, 5.41) is 2.58. The standard InChI is InChI=1S/C19H17FN2O4/c1-24-15-9-11(10-16(25-2)17(15)26-3)8-14-19(23)22-18(21-14)12-6-4-5-7-13(12)20/h4-10H,1-3H3,(H,21,22,23)/b14-8+. The van der Waals surface area contributed by atoms with Crippen molar-refractivity contribution in [2.75, 3.05) is 21.3 Å². The number of ether oxygens (including phenoxy) is 3. The summed E-state index contributed by atoms with van der Waals surface area (Å²) in [6.07, 6.45) is 1.56. The maximum Gasteiger partial charge on any atom is 0.275 e. The lowest BCUT2D eigenvalue weighted by Gasteiger charge is -2.12. The molecule has 2 aromatic rings. The first-order chi connectivity index (χ1) is 12.6.